The SMILES string of the molecule is COC(=O)CNCc1cnc2c(Cc3cccc(-c4ccccc4)c3C)nccc2c1. The van der Waals surface area contributed by atoms with Crippen LogP contribution in [0.1, 0.15) is 22.4 Å². The Kier molecular flexibility index (Phi) is 6.34. The van der Waals surface area contributed by atoms with E-state index in [2.05, 4.69) is 75.5 Å². The van der Waals surface area contributed by atoms with E-state index in [0.29, 0.717) is 6.54 Å². The summed E-state index contributed by atoms with van der Waals surface area (Å²) < 4.78 is 4.65. The molecule has 2 heterocycles. The van der Waals surface area contributed by atoms with E-state index in [1.807, 2.05) is 24.5 Å². The highest BCUT2D eigenvalue weighted by atomic mass is 16.5. The number of hydrogen-bond donors (Lipinski definition) is 1. The summed E-state index contributed by atoms with van der Waals surface area (Å²) in [7, 11) is 1.38. The van der Waals surface area contributed by atoms with E-state index in [9.17, 15) is 4.79 Å². The molecule has 0 saturated heterocycles. The molecular weight excluding hydrogens is 386 g/mol. The lowest BCUT2D eigenvalue weighted by atomic mass is 9.94. The van der Waals surface area contributed by atoms with Gasteiger partial charge in [0.15, 0.2) is 0 Å². The zero-order chi connectivity index (χ0) is 21.6. The molecule has 1 N–H and O–H groups in total. The number of fused-ring (bicyclic) bond motifs is 1. The zero-order valence-corrected chi connectivity index (χ0v) is 17.8. The molecule has 4 rings (SSSR count). The van der Waals surface area contributed by atoms with Crippen molar-refractivity contribution in [1.29, 1.82) is 0 Å². The zero-order valence-electron chi connectivity index (χ0n) is 17.8. The van der Waals surface area contributed by atoms with Crippen molar-refractivity contribution in [3.63, 3.8) is 0 Å². The summed E-state index contributed by atoms with van der Waals surface area (Å²) in [4.78, 5) is 20.6. The monoisotopic (exact) mass is 411 g/mol. The van der Waals surface area contributed by atoms with Crippen LogP contribution >= 0.6 is 0 Å². The molecule has 0 saturated carbocycles. The van der Waals surface area contributed by atoms with E-state index in [4.69, 9.17) is 0 Å². The number of hydrogen-bond acceptors (Lipinski definition) is 5. The topological polar surface area (TPSA) is 64.1 Å². The fourth-order valence-electron chi connectivity index (χ4n) is 3.76. The summed E-state index contributed by atoms with van der Waals surface area (Å²) >= 11 is 0. The quantitative estimate of drug-likeness (QED) is 0.455. The second-order valence-electron chi connectivity index (χ2n) is 7.49. The normalized spacial score (nSPS) is 10.9. The number of benzene rings is 2. The van der Waals surface area contributed by atoms with Gasteiger partial charge in [0.25, 0.3) is 0 Å². The minimum Gasteiger partial charge on any atom is -0.468 e. The van der Waals surface area contributed by atoms with Gasteiger partial charge in [0, 0.05) is 30.7 Å². The first-order valence-corrected chi connectivity index (χ1v) is 10.3. The molecule has 0 fully saturated rings. The van der Waals surface area contributed by atoms with Crippen LogP contribution in [0.25, 0.3) is 22.0 Å². The second kappa shape index (κ2) is 9.49. The Balaban J connectivity index is 1.59. The highest BCUT2D eigenvalue weighted by Gasteiger charge is 2.11. The van der Waals surface area contributed by atoms with Gasteiger partial charge in [-0.3, -0.25) is 14.8 Å². The molecule has 0 atom stereocenters. The standard InChI is InChI=1S/C26H25N3O2/c1-18-21(9-6-10-23(18)20-7-4-3-5-8-20)14-24-26-22(11-12-28-24)13-19(16-29-26)15-27-17-25(30)31-2/h3-13,16,27H,14-15,17H2,1-2H3. The first-order valence-electron chi connectivity index (χ1n) is 10.3. The molecule has 0 aliphatic carbocycles. The first kappa shape index (κ1) is 20.7. The van der Waals surface area contributed by atoms with Crippen molar-refractivity contribution in [2.75, 3.05) is 13.7 Å². The van der Waals surface area contributed by atoms with Gasteiger partial charge in [0.05, 0.1) is 24.9 Å². The molecule has 31 heavy (non-hydrogen) atoms. The highest BCUT2D eigenvalue weighted by Crippen LogP contribution is 2.27. The largest absolute Gasteiger partial charge is 0.468 e. The number of ether oxygens (including phenoxy) is 1. The summed E-state index contributed by atoms with van der Waals surface area (Å²) in [5, 5.41) is 4.11. The Morgan fingerprint density at radius 2 is 1.87 bits per heavy atom. The van der Waals surface area contributed by atoms with Crippen LogP contribution in [0.4, 0.5) is 0 Å². The Labute approximate surface area is 182 Å². The Hall–Kier alpha value is -3.57. The van der Waals surface area contributed by atoms with Crippen molar-refractivity contribution in [3.8, 4) is 11.1 Å². The molecule has 156 valence electrons. The van der Waals surface area contributed by atoms with Crippen LogP contribution in [0.2, 0.25) is 0 Å². The molecule has 0 aliphatic heterocycles. The third kappa shape index (κ3) is 4.78. The van der Waals surface area contributed by atoms with Crippen LogP contribution in [0.15, 0.2) is 73.1 Å². The van der Waals surface area contributed by atoms with Gasteiger partial charge in [0.1, 0.15) is 0 Å². The smallest absolute Gasteiger partial charge is 0.319 e. The van der Waals surface area contributed by atoms with Gasteiger partial charge in [-0.25, -0.2) is 0 Å². The number of aromatic nitrogens is 2. The molecule has 0 radical (unpaired) electrons. The molecule has 4 aromatic rings. The number of carbonyl (C=O) groups is 1. The summed E-state index contributed by atoms with van der Waals surface area (Å²) in [5.41, 5.74) is 7.84. The minimum atomic E-state index is -0.284. The molecule has 0 unspecified atom stereocenters. The molecule has 2 aromatic heterocycles. The summed E-state index contributed by atoms with van der Waals surface area (Å²) in [6.07, 6.45) is 4.39. The van der Waals surface area contributed by atoms with Crippen molar-refractivity contribution < 1.29 is 9.53 Å². The number of rotatable bonds is 7. The lowest BCUT2D eigenvalue weighted by molar-refractivity contribution is -0.139. The lowest BCUT2D eigenvalue weighted by Gasteiger charge is -2.13. The van der Waals surface area contributed by atoms with Crippen molar-refractivity contribution in [1.82, 2.24) is 15.3 Å². The van der Waals surface area contributed by atoms with Crippen molar-refractivity contribution in [2.24, 2.45) is 0 Å². The number of methoxy groups -OCH3 is 1. The van der Waals surface area contributed by atoms with E-state index < -0.39 is 0 Å². The van der Waals surface area contributed by atoms with E-state index in [1.54, 1.807) is 0 Å². The Morgan fingerprint density at radius 1 is 1.03 bits per heavy atom. The van der Waals surface area contributed by atoms with Crippen LogP contribution in [0.5, 0.6) is 0 Å². The van der Waals surface area contributed by atoms with E-state index in [-0.39, 0.29) is 12.5 Å². The molecular formula is C26H25N3O2. The Morgan fingerprint density at radius 3 is 2.68 bits per heavy atom. The predicted octanol–water partition coefficient (Wildman–Crippen LogP) is 4.46. The molecule has 2 aromatic carbocycles. The molecule has 0 aliphatic rings. The maximum absolute atomic E-state index is 11.3. The predicted molar refractivity (Wildman–Crippen MR) is 123 cm³/mol. The van der Waals surface area contributed by atoms with E-state index in [1.165, 1.54) is 29.4 Å². The molecule has 0 spiro atoms. The van der Waals surface area contributed by atoms with Gasteiger partial charge in [-0.15, -0.1) is 0 Å². The molecule has 5 nitrogen and oxygen atoms in total. The van der Waals surface area contributed by atoms with Crippen LogP contribution in [-0.2, 0) is 22.5 Å². The number of esters is 1. The van der Waals surface area contributed by atoms with Gasteiger partial charge in [0.2, 0.25) is 0 Å². The van der Waals surface area contributed by atoms with Crippen LogP contribution < -0.4 is 5.32 Å². The highest BCUT2D eigenvalue weighted by molar-refractivity contribution is 5.81. The van der Waals surface area contributed by atoms with Crippen LogP contribution in [0.3, 0.4) is 0 Å². The average molecular weight is 412 g/mol. The first-order chi connectivity index (χ1) is 15.2. The Bertz CT molecular complexity index is 1210. The average Bonchev–Trinajstić information content (AvgIpc) is 2.81. The molecule has 0 amide bonds. The maximum atomic E-state index is 11.3. The summed E-state index contributed by atoms with van der Waals surface area (Å²) in [5.74, 6) is -0.284. The van der Waals surface area contributed by atoms with Crippen LogP contribution in [0, 0.1) is 6.92 Å². The molecule has 5 heteroatoms. The third-order valence-electron chi connectivity index (χ3n) is 5.45. The van der Waals surface area contributed by atoms with Crippen molar-refractivity contribution >= 4 is 16.9 Å². The van der Waals surface area contributed by atoms with Gasteiger partial charge in [-0.2, -0.15) is 0 Å². The summed E-state index contributed by atoms with van der Waals surface area (Å²) in [6.45, 7) is 2.89. The number of nitrogens with zero attached hydrogens (tertiary/aromatic N) is 2. The van der Waals surface area contributed by atoms with Gasteiger partial charge in [-0.1, -0.05) is 48.5 Å². The second-order valence-corrected chi connectivity index (χ2v) is 7.49. The van der Waals surface area contributed by atoms with Crippen LogP contribution in [-0.4, -0.2) is 29.6 Å². The van der Waals surface area contributed by atoms with Crippen molar-refractivity contribution in [2.45, 2.75) is 19.9 Å². The number of carbonyl (C=O) groups excluding carboxylic acids is 1. The lowest BCUT2D eigenvalue weighted by Crippen LogP contribution is -2.23. The third-order valence-corrected chi connectivity index (χ3v) is 5.45. The fraction of sp³-hybridized carbons (Fsp3) is 0.192. The minimum absolute atomic E-state index is 0.174. The van der Waals surface area contributed by atoms with Gasteiger partial charge >= 0.3 is 5.97 Å². The number of nitrogens with one attached hydrogen (secondary N) is 1. The van der Waals surface area contributed by atoms with E-state index in [0.717, 1.165) is 28.6 Å². The van der Waals surface area contributed by atoms with Gasteiger partial charge in [-0.05, 0) is 46.9 Å². The van der Waals surface area contributed by atoms with Gasteiger partial charge < -0.3 is 10.1 Å². The summed E-state index contributed by atoms with van der Waals surface area (Å²) in [6, 6.07) is 20.9. The van der Waals surface area contributed by atoms with E-state index >= 15 is 0 Å². The molecule has 0 bridgehead atoms. The number of pyridine rings is 2. The van der Waals surface area contributed by atoms with Crippen molar-refractivity contribution in [3.05, 3.63) is 95.4 Å². The maximum Gasteiger partial charge on any atom is 0.319 e. The fourth-order valence-corrected chi connectivity index (χ4v) is 3.76.